The Balaban J connectivity index is 1.87. The molecule has 1 aliphatic rings. The van der Waals surface area contributed by atoms with Crippen molar-refractivity contribution in [2.45, 2.75) is 12.8 Å². The lowest BCUT2D eigenvalue weighted by Gasteiger charge is -1.96. The van der Waals surface area contributed by atoms with E-state index in [2.05, 4.69) is 10.3 Å². The van der Waals surface area contributed by atoms with Crippen molar-refractivity contribution in [3.63, 3.8) is 0 Å². The maximum atomic E-state index is 11.6. The summed E-state index contributed by atoms with van der Waals surface area (Å²) in [5.74, 6) is 0.170. The second kappa shape index (κ2) is 4.35. The molecule has 1 amide bonds. The van der Waals surface area contributed by atoms with E-state index in [1.165, 1.54) is 11.3 Å². The molecule has 3 N–H and O–H groups in total. The third-order valence-electron chi connectivity index (χ3n) is 2.89. The van der Waals surface area contributed by atoms with Crippen LogP contribution in [0.3, 0.4) is 0 Å². The molecule has 0 atom stereocenters. The number of nitrogens with one attached hydrogen (secondary N) is 1. The topological polar surface area (TPSA) is 82.5 Å². The van der Waals surface area contributed by atoms with Crippen LogP contribution in [0.25, 0.3) is 10.2 Å². The zero-order chi connectivity index (χ0) is 12.7. The number of thiazole rings is 1. The molecule has 18 heavy (non-hydrogen) atoms. The van der Waals surface area contributed by atoms with Crippen LogP contribution in [0.4, 0.5) is 5.13 Å². The van der Waals surface area contributed by atoms with Crippen LogP contribution in [0.15, 0.2) is 18.2 Å². The van der Waals surface area contributed by atoms with Crippen molar-refractivity contribution in [1.29, 1.82) is 0 Å². The predicted octanol–water partition coefficient (Wildman–Crippen LogP) is 0.325. The normalized spacial score (nSPS) is 14.8. The molecule has 0 bridgehead atoms. The Labute approximate surface area is 108 Å². The van der Waals surface area contributed by atoms with Crippen LogP contribution < -0.4 is 10.8 Å². The standard InChI is InChI=1S/C11H11BN2O3S/c15-10(6-1-2-6)14-11-13-8-4-3-7(12(16)17)5-9(8)18-11/h3-6,16-17H,1-2H2,(H,13,14,15). The van der Waals surface area contributed by atoms with Gasteiger partial charge < -0.3 is 15.4 Å². The Hall–Kier alpha value is -1.44. The fourth-order valence-corrected chi connectivity index (χ4v) is 2.63. The van der Waals surface area contributed by atoms with Gasteiger partial charge in [0.25, 0.3) is 0 Å². The summed E-state index contributed by atoms with van der Waals surface area (Å²) in [5.41, 5.74) is 1.17. The number of rotatable bonds is 3. The van der Waals surface area contributed by atoms with Crippen LogP contribution in [-0.4, -0.2) is 28.1 Å². The van der Waals surface area contributed by atoms with Gasteiger partial charge in [0.2, 0.25) is 5.91 Å². The Morgan fingerprint density at radius 1 is 1.44 bits per heavy atom. The maximum absolute atomic E-state index is 11.6. The van der Waals surface area contributed by atoms with Crippen molar-refractivity contribution in [1.82, 2.24) is 4.98 Å². The first kappa shape index (κ1) is 11.6. The van der Waals surface area contributed by atoms with Gasteiger partial charge in [0, 0.05) is 5.92 Å². The van der Waals surface area contributed by atoms with Crippen molar-refractivity contribution in [2.75, 3.05) is 5.32 Å². The smallest absolute Gasteiger partial charge is 0.423 e. The summed E-state index contributed by atoms with van der Waals surface area (Å²) in [5, 5.41) is 21.5. The van der Waals surface area contributed by atoms with E-state index in [4.69, 9.17) is 10.0 Å². The number of aromatic nitrogens is 1. The van der Waals surface area contributed by atoms with E-state index in [9.17, 15) is 4.79 Å². The van der Waals surface area contributed by atoms with E-state index >= 15 is 0 Å². The molecule has 0 spiro atoms. The molecule has 0 unspecified atom stereocenters. The van der Waals surface area contributed by atoms with Gasteiger partial charge in [0.1, 0.15) is 0 Å². The molecule has 3 rings (SSSR count). The molecular formula is C11H11BN2O3S. The second-order valence-corrected chi connectivity index (χ2v) is 5.41. The van der Waals surface area contributed by atoms with Crippen molar-refractivity contribution in [3.05, 3.63) is 18.2 Å². The van der Waals surface area contributed by atoms with Crippen LogP contribution in [0.5, 0.6) is 0 Å². The maximum Gasteiger partial charge on any atom is 0.488 e. The van der Waals surface area contributed by atoms with Crippen LogP contribution in [0.1, 0.15) is 12.8 Å². The van der Waals surface area contributed by atoms with E-state index in [0.29, 0.717) is 10.6 Å². The third-order valence-corrected chi connectivity index (χ3v) is 3.82. The third kappa shape index (κ3) is 2.24. The Bertz CT molecular complexity index is 609. The number of hydrogen-bond acceptors (Lipinski definition) is 5. The number of carbonyl (C=O) groups is 1. The van der Waals surface area contributed by atoms with Gasteiger partial charge in [0.15, 0.2) is 5.13 Å². The molecule has 1 fully saturated rings. The SMILES string of the molecule is O=C(Nc1nc2ccc(B(O)O)cc2s1)C1CC1. The molecule has 7 heteroatoms. The summed E-state index contributed by atoms with van der Waals surface area (Å²) in [4.78, 5) is 15.9. The lowest BCUT2D eigenvalue weighted by atomic mass is 9.80. The molecular weight excluding hydrogens is 251 g/mol. The largest absolute Gasteiger partial charge is 0.488 e. The molecule has 0 saturated heterocycles. The molecule has 1 heterocycles. The van der Waals surface area contributed by atoms with Gasteiger partial charge in [-0.15, -0.1) is 0 Å². The van der Waals surface area contributed by atoms with E-state index < -0.39 is 7.12 Å². The second-order valence-electron chi connectivity index (χ2n) is 4.38. The van der Waals surface area contributed by atoms with Gasteiger partial charge in [-0.3, -0.25) is 4.79 Å². The summed E-state index contributed by atoms with van der Waals surface area (Å²) in [6, 6.07) is 5.00. The van der Waals surface area contributed by atoms with Crippen LogP contribution in [-0.2, 0) is 4.79 Å². The molecule has 1 aliphatic carbocycles. The zero-order valence-electron chi connectivity index (χ0n) is 9.46. The lowest BCUT2D eigenvalue weighted by molar-refractivity contribution is -0.117. The minimum atomic E-state index is -1.49. The number of fused-ring (bicyclic) bond motifs is 1. The minimum Gasteiger partial charge on any atom is -0.423 e. The number of hydrogen-bond donors (Lipinski definition) is 3. The molecule has 2 aromatic rings. The predicted molar refractivity (Wildman–Crippen MR) is 70.8 cm³/mol. The van der Waals surface area contributed by atoms with E-state index in [-0.39, 0.29) is 11.8 Å². The van der Waals surface area contributed by atoms with Gasteiger partial charge in [-0.25, -0.2) is 4.98 Å². The summed E-state index contributed by atoms with van der Waals surface area (Å²) in [6.07, 6.45) is 1.91. The molecule has 1 aromatic heterocycles. The van der Waals surface area contributed by atoms with Crippen LogP contribution >= 0.6 is 11.3 Å². The first-order valence-corrected chi connectivity index (χ1v) is 6.52. The number of nitrogens with zero attached hydrogens (tertiary/aromatic N) is 1. The minimum absolute atomic E-state index is 0.0245. The first-order valence-electron chi connectivity index (χ1n) is 5.71. The van der Waals surface area contributed by atoms with E-state index in [1.807, 2.05) is 0 Å². The summed E-state index contributed by atoms with van der Waals surface area (Å²) in [7, 11) is -1.49. The molecule has 0 radical (unpaired) electrons. The number of anilines is 1. The van der Waals surface area contributed by atoms with Crippen molar-refractivity contribution in [2.24, 2.45) is 5.92 Å². The Morgan fingerprint density at radius 2 is 2.22 bits per heavy atom. The molecule has 92 valence electrons. The van der Waals surface area contributed by atoms with Gasteiger partial charge in [0.05, 0.1) is 10.2 Å². The monoisotopic (exact) mass is 262 g/mol. The fraction of sp³-hybridized carbons (Fsp3) is 0.273. The van der Waals surface area contributed by atoms with Crippen molar-refractivity contribution >= 4 is 45.2 Å². The average Bonchev–Trinajstić information content (AvgIpc) is 3.09. The number of benzene rings is 1. The van der Waals surface area contributed by atoms with Crippen molar-refractivity contribution in [3.8, 4) is 0 Å². The van der Waals surface area contributed by atoms with Crippen molar-refractivity contribution < 1.29 is 14.8 Å². The highest BCUT2D eigenvalue weighted by atomic mass is 32.1. The highest BCUT2D eigenvalue weighted by molar-refractivity contribution is 7.22. The first-order chi connectivity index (χ1) is 8.63. The lowest BCUT2D eigenvalue weighted by Crippen LogP contribution is -2.29. The number of amides is 1. The van der Waals surface area contributed by atoms with Crippen LogP contribution in [0, 0.1) is 5.92 Å². The Morgan fingerprint density at radius 3 is 2.89 bits per heavy atom. The van der Waals surface area contributed by atoms with Gasteiger partial charge >= 0.3 is 7.12 Å². The van der Waals surface area contributed by atoms with Gasteiger partial charge in [-0.1, -0.05) is 17.4 Å². The highest BCUT2D eigenvalue weighted by Crippen LogP contribution is 2.32. The molecule has 1 saturated carbocycles. The van der Waals surface area contributed by atoms with E-state index in [1.54, 1.807) is 18.2 Å². The average molecular weight is 262 g/mol. The highest BCUT2D eigenvalue weighted by Gasteiger charge is 2.30. The summed E-state index contributed by atoms with van der Waals surface area (Å²) >= 11 is 1.34. The van der Waals surface area contributed by atoms with Gasteiger partial charge in [-0.05, 0) is 30.4 Å². The van der Waals surface area contributed by atoms with E-state index in [0.717, 1.165) is 23.1 Å². The molecule has 0 aliphatic heterocycles. The molecule has 1 aromatic carbocycles. The van der Waals surface area contributed by atoms with Gasteiger partial charge in [-0.2, -0.15) is 0 Å². The summed E-state index contributed by atoms with van der Waals surface area (Å²) < 4.78 is 0.826. The summed E-state index contributed by atoms with van der Waals surface area (Å²) in [6.45, 7) is 0. The van der Waals surface area contributed by atoms with Crippen LogP contribution in [0.2, 0.25) is 0 Å². The number of carbonyl (C=O) groups excluding carboxylic acids is 1. The zero-order valence-corrected chi connectivity index (χ0v) is 10.3. The quantitative estimate of drug-likeness (QED) is 0.696. The fourth-order valence-electron chi connectivity index (χ4n) is 1.71. The Kier molecular flexibility index (Phi) is 2.81. The molecule has 5 nitrogen and oxygen atoms in total.